The molecule has 0 fully saturated rings. The van der Waals surface area contributed by atoms with Gasteiger partial charge >= 0.3 is 120 Å². The summed E-state index contributed by atoms with van der Waals surface area (Å²) in [4.78, 5) is 0. The van der Waals surface area contributed by atoms with Crippen molar-refractivity contribution in [3.05, 3.63) is 20.6 Å². The predicted octanol–water partition coefficient (Wildman–Crippen LogP) is -3.95. The second-order valence-corrected chi connectivity index (χ2v) is 12.8. The van der Waals surface area contributed by atoms with E-state index in [4.69, 9.17) is 0 Å². The first-order valence-electron chi connectivity index (χ1n) is 7.11. The monoisotopic (exact) mass is 386 g/mol. The number of rotatable bonds is 3. The van der Waals surface area contributed by atoms with Crippen LogP contribution in [0.4, 0.5) is 0 Å². The molecule has 0 radical (unpaired) electrons. The molecule has 0 aromatic heterocycles. The second-order valence-electron chi connectivity index (χ2n) is 6.52. The van der Waals surface area contributed by atoms with Crippen molar-refractivity contribution in [2.45, 2.75) is 64.7 Å². The minimum Gasteiger partial charge on any atom is -1.00 e. The molecular weight excluding hydrogens is 362 g/mol. The fraction of sp³-hybridized carbons (Fsp3) is 0.733. The first kappa shape index (κ1) is 23.5. The Morgan fingerprint density at radius 2 is 1.65 bits per heavy atom. The van der Waals surface area contributed by atoms with E-state index in [0.717, 1.165) is 5.92 Å². The number of hydrogen-bond donors (Lipinski definition) is 0. The maximum absolute atomic E-state index is 2.57. The minimum atomic E-state index is -0.958. The van der Waals surface area contributed by atoms with Gasteiger partial charge in [0.25, 0.3) is 0 Å². The van der Waals surface area contributed by atoms with Gasteiger partial charge in [-0.1, -0.05) is 0 Å². The zero-order chi connectivity index (χ0) is 12.6. The van der Waals surface area contributed by atoms with Gasteiger partial charge in [0.15, 0.2) is 0 Å². The molecule has 0 aromatic carbocycles. The van der Waals surface area contributed by atoms with Crippen LogP contribution in [0.2, 0.25) is 25.2 Å². The van der Waals surface area contributed by atoms with Gasteiger partial charge in [-0.05, 0) is 0 Å². The van der Waals surface area contributed by atoms with Crippen molar-refractivity contribution in [3.8, 4) is 0 Å². The number of halogens is 3. The maximum atomic E-state index is 2.57. The Labute approximate surface area is 156 Å². The summed E-state index contributed by atoms with van der Waals surface area (Å²) in [6.45, 7) is 9.90. The van der Waals surface area contributed by atoms with Gasteiger partial charge in [-0.25, -0.2) is 0 Å². The van der Waals surface area contributed by atoms with E-state index in [1.807, 2.05) is 5.57 Å². The van der Waals surface area contributed by atoms with Gasteiger partial charge in [-0.3, -0.25) is 0 Å². The first-order valence-corrected chi connectivity index (χ1v) is 11.3. The summed E-state index contributed by atoms with van der Waals surface area (Å²) in [6, 6.07) is 2.92. The summed E-state index contributed by atoms with van der Waals surface area (Å²) in [5.41, 5.74) is 5.27. The molecule has 5 heteroatoms. The molecule has 1 atom stereocenters. The van der Waals surface area contributed by atoms with Gasteiger partial charge in [-0.2, -0.15) is 0 Å². The molecule has 0 amide bonds. The summed E-state index contributed by atoms with van der Waals surface area (Å²) < 4.78 is 1.71. The van der Waals surface area contributed by atoms with E-state index in [-0.39, 0.29) is 37.2 Å². The molecule has 20 heavy (non-hydrogen) atoms. The zero-order valence-electron chi connectivity index (χ0n) is 13.0. The van der Waals surface area contributed by atoms with Crippen LogP contribution in [0.3, 0.4) is 0 Å². The van der Waals surface area contributed by atoms with Crippen molar-refractivity contribution in [2.24, 2.45) is 5.92 Å². The van der Waals surface area contributed by atoms with Crippen LogP contribution in [0.25, 0.3) is 0 Å². The van der Waals surface area contributed by atoms with Crippen LogP contribution in [-0.2, 0) is 20.4 Å². The van der Waals surface area contributed by atoms with Crippen LogP contribution < -0.4 is 37.2 Å². The summed E-state index contributed by atoms with van der Waals surface area (Å²) in [6.07, 6.45) is 5.61. The van der Waals surface area contributed by atoms with E-state index in [0.29, 0.717) is 0 Å². The third-order valence-electron chi connectivity index (χ3n) is 4.85. The Morgan fingerprint density at radius 1 is 1.10 bits per heavy atom. The van der Waals surface area contributed by atoms with Crippen molar-refractivity contribution in [2.75, 3.05) is 0 Å². The Hall–Kier alpha value is 1.28. The molecule has 2 rings (SSSR count). The second kappa shape index (κ2) is 9.43. The van der Waals surface area contributed by atoms with Crippen LogP contribution in [0.5, 0.6) is 0 Å². The van der Waals surface area contributed by atoms with E-state index in [2.05, 4.69) is 47.4 Å². The van der Waals surface area contributed by atoms with Gasteiger partial charge in [0, 0.05) is 0 Å². The Bertz CT molecular complexity index is 389. The fourth-order valence-corrected chi connectivity index (χ4v) is 6.09. The van der Waals surface area contributed by atoms with E-state index in [9.17, 15) is 0 Å². The van der Waals surface area contributed by atoms with E-state index in [1.54, 1.807) is 15.0 Å². The van der Waals surface area contributed by atoms with Crippen molar-refractivity contribution >= 4 is 8.07 Å². The molecule has 1 unspecified atom stereocenters. The van der Waals surface area contributed by atoms with Crippen molar-refractivity contribution in [1.29, 1.82) is 0 Å². The molecule has 0 heterocycles. The van der Waals surface area contributed by atoms with Crippen LogP contribution in [0.1, 0.15) is 39.5 Å². The van der Waals surface area contributed by atoms with Crippen molar-refractivity contribution in [1.82, 2.24) is 0 Å². The molecule has 0 nitrogen and oxygen atoms in total. The smallest absolute Gasteiger partial charge is 1.00 e. The standard InChI is InChI=1S/C15H25Si.3ClH.Ti/c1-5-16(3,4)11-13-10-12(2)14-8-6-7-9-15(13)14;;;;/h13H,5-9,11H2,1-4H3;3*1H;/q;;;;+3/p-3. The average molecular weight is 388 g/mol. The first-order chi connectivity index (χ1) is 7.96. The topological polar surface area (TPSA) is 0 Å². The summed E-state index contributed by atoms with van der Waals surface area (Å²) in [5, 5.41) is 0. The average Bonchev–Trinajstić information content (AvgIpc) is 2.55. The van der Waals surface area contributed by atoms with E-state index >= 15 is 0 Å². The molecule has 2 aliphatic rings. The molecule has 0 saturated heterocycles. The van der Waals surface area contributed by atoms with Gasteiger partial charge < -0.3 is 37.2 Å². The van der Waals surface area contributed by atoms with E-state index < -0.39 is 8.07 Å². The van der Waals surface area contributed by atoms with Gasteiger partial charge in [0.1, 0.15) is 0 Å². The van der Waals surface area contributed by atoms with Crippen LogP contribution in [-0.4, -0.2) is 8.07 Å². The zero-order valence-corrected chi connectivity index (χ0v) is 17.8. The van der Waals surface area contributed by atoms with Crippen LogP contribution in [0, 0.1) is 5.92 Å². The van der Waals surface area contributed by atoms with Crippen LogP contribution >= 0.6 is 0 Å². The Balaban J connectivity index is 0. The Kier molecular flexibility index (Phi) is 11.1. The minimum absolute atomic E-state index is 0. The molecule has 0 spiro atoms. The summed E-state index contributed by atoms with van der Waals surface area (Å²) >= 11 is 2.40. The third-order valence-corrected chi connectivity index (χ3v) is 9.41. The molecular formula is C15H25Cl3SiTi. The molecule has 0 saturated carbocycles. The predicted molar refractivity (Wildman–Crippen MR) is 74.5 cm³/mol. The van der Waals surface area contributed by atoms with Gasteiger partial charge in [0.05, 0.1) is 0 Å². The third kappa shape index (κ3) is 4.90. The molecule has 0 N–H and O–H groups in total. The van der Waals surface area contributed by atoms with Crippen LogP contribution in [0.15, 0.2) is 20.6 Å². The molecule has 0 aromatic rings. The molecule has 0 bridgehead atoms. The molecule has 114 valence electrons. The van der Waals surface area contributed by atoms with E-state index in [1.165, 1.54) is 37.8 Å². The normalized spacial score (nSPS) is 21.8. The van der Waals surface area contributed by atoms with Crippen molar-refractivity contribution in [3.63, 3.8) is 0 Å². The number of hydrogen-bond acceptors (Lipinski definition) is 0. The SMILES string of the molecule is CC[Si](C)(C)CC1[C]([Ti+3])=C(C)C2=C1CCCC2.[Cl-].[Cl-].[Cl-]. The summed E-state index contributed by atoms with van der Waals surface area (Å²) in [5.74, 6) is 0.840. The fourth-order valence-electron chi connectivity index (χ4n) is 3.26. The van der Waals surface area contributed by atoms with Gasteiger partial charge in [0.2, 0.25) is 0 Å². The van der Waals surface area contributed by atoms with Gasteiger partial charge in [-0.15, -0.1) is 0 Å². The summed E-state index contributed by atoms with van der Waals surface area (Å²) in [7, 11) is -0.958. The number of allylic oxidation sites excluding steroid dienone is 4. The molecule has 2 aliphatic carbocycles. The molecule has 0 aliphatic heterocycles. The van der Waals surface area contributed by atoms with Crippen molar-refractivity contribution < 1.29 is 57.7 Å². The quantitative estimate of drug-likeness (QED) is 0.434. The largest absolute Gasteiger partial charge is 1.00 e. The maximum Gasteiger partial charge on any atom is -1.00 e. The Morgan fingerprint density at radius 3 is 2.20 bits per heavy atom.